The van der Waals surface area contributed by atoms with Crippen LogP contribution in [0.25, 0.3) is 0 Å². The van der Waals surface area contributed by atoms with Gasteiger partial charge in [0.1, 0.15) is 0 Å². The fourth-order valence-corrected chi connectivity index (χ4v) is 3.66. The summed E-state index contributed by atoms with van der Waals surface area (Å²) in [7, 11) is 0. The van der Waals surface area contributed by atoms with E-state index in [0.29, 0.717) is 18.0 Å². The summed E-state index contributed by atoms with van der Waals surface area (Å²) >= 11 is 0. The summed E-state index contributed by atoms with van der Waals surface area (Å²) in [5, 5.41) is 0. The normalized spacial score (nSPS) is 17.0. The van der Waals surface area contributed by atoms with Crippen LogP contribution in [0.2, 0.25) is 0 Å². The number of hydrogen-bond acceptors (Lipinski definition) is 2. The molecule has 3 heteroatoms. The Kier molecular flexibility index (Phi) is 6.45. The molecule has 1 heterocycles. The van der Waals surface area contributed by atoms with Crippen molar-refractivity contribution in [2.24, 2.45) is 0 Å². The lowest BCUT2D eigenvalue weighted by atomic mass is 9.98. The third kappa shape index (κ3) is 4.38. The molecule has 2 rings (SSSR count). The Balaban J connectivity index is 2.11. The first-order valence-electron chi connectivity index (χ1n) is 9.48. The first-order chi connectivity index (χ1) is 11.3. The molecule has 1 aliphatic rings. The van der Waals surface area contributed by atoms with Gasteiger partial charge >= 0.3 is 0 Å². The van der Waals surface area contributed by atoms with E-state index in [1.54, 1.807) is 0 Å². The Morgan fingerprint density at radius 1 is 1.00 bits per heavy atom. The smallest absolute Gasteiger partial charge is 0.254 e. The topological polar surface area (TPSA) is 23.6 Å². The van der Waals surface area contributed by atoms with Crippen LogP contribution in [0.5, 0.6) is 0 Å². The molecule has 1 amide bonds. The minimum Gasteiger partial charge on any atom is -0.333 e. The van der Waals surface area contributed by atoms with Crippen molar-refractivity contribution in [3.8, 4) is 0 Å². The lowest BCUT2D eigenvalue weighted by Gasteiger charge is -2.42. The highest BCUT2D eigenvalue weighted by Crippen LogP contribution is 2.23. The summed E-state index contributed by atoms with van der Waals surface area (Å²) in [6.45, 7) is 15.3. The number of likely N-dealkylation sites (tertiary alicyclic amines) is 1. The van der Waals surface area contributed by atoms with Crippen molar-refractivity contribution in [1.29, 1.82) is 0 Å². The maximum atomic E-state index is 13.1. The molecule has 1 aromatic rings. The van der Waals surface area contributed by atoms with Crippen LogP contribution < -0.4 is 0 Å². The minimum atomic E-state index is 0.184. The van der Waals surface area contributed by atoms with Gasteiger partial charge in [-0.3, -0.25) is 4.79 Å². The molecule has 1 fully saturated rings. The third-order valence-corrected chi connectivity index (χ3v) is 5.24. The standard InChI is InChI=1S/C21H34N2O/c1-15(2)18-7-9-19(10-8-18)21(24)23(17(5)6)20-11-13-22(14-12-20)16(3)4/h7-10,15-17,20H,11-14H2,1-6H3. The molecule has 1 aliphatic heterocycles. The highest BCUT2D eigenvalue weighted by Gasteiger charge is 2.30. The third-order valence-electron chi connectivity index (χ3n) is 5.24. The van der Waals surface area contributed by atoms with E-state index in [1.807, 2.05) is 12.1 Å². The van der Waals surface area contributed by atoms with E-state index >= 15 is 0 Å². The van der Waals surface area contributed by atoms with Crippen LogP contribution in [0.4, 0.5) is 0 Å². The number of nitrogens with zero attached hydrogens (tertiary/aromatic N) is 2. The van der Waals surface area contributed by atoms with Gasteiger partial charge in [-0.05, 0) is 64.2 Å². The zero-order valence-corrected chi connectivity index (χ0v) is 16.2. The number of rotatable bonds is 5. The molecule has 0 radical (unpaired) electrons. The molecule has 0 aliphatic carbocycles. The summed E-state index contributed by atoms with van der Waals surface area (Å²) in [5.41, 5.74) is 2.10. The molecule has 0 N–H and O–H groups in total. The Labute approximate surface area is 148 Å². The molecule has 24 heavy (non-hydrogen) atoms. The SMILES string of the molecule is CC(C)c1ccc(C(=O)N(C(C)C)C2CCN(C(C)C)CC2)cc1. The van der Waals surface area contributed by atoms with Gasteiger partial charge in [0.05, 0.1) is 0 Å². The minimum absolute atomic E-state index is 0.184. The van der Waals surface area contributed by atoms with E-state index < -0.39 is 0 Å². The first kappa shape index (κ1) is 19.0. The molecular weight excluding hydrogens is 296 g/mol. The average Bonchev–Trinajstić information content (AvgIpc) is 2.55. The second-order valence-corrected chi connectivity index (χ2v) is 7.94. The summed E-state index contributed by atoms with van der Waals surface area (Å²) in [6, 6.07) is 9.37. The Morgan fingerprint density at radius 2 is 1.54 bits per heavy atom. The van der Waals surface area contributed by atoms with Crippen molar-refractivity contribution in [3.63, 3.8) is 0 Å². The van der Waals surface area contributed by atoms with Gasteiger partial charge in [-0.25, -0.2) is 0 Å². The molecule has 1 aromatic carbocycles. The van der Waals surface area contributed by atoms with Gasteiger partial charge in [0.25, 0.3) is 5.91 Å². The van der Waals surface area contributed by atoms with Gasteiger partial charge < -0.3 is 9.80 Å². The molecule has 0 unspecified atom stereocenters. The van der Waals surface area contributed by atoms with Gasteiger partial charge in [-0.2, -0.15) is 0 Å². The Morgan fingerprint density at radius 3 is 1.96 bits per heavy atom. The summed E-state index contributed by atoms with van der Waals surface area (Å²) in [6.07, 6.45) is 2.15. The molecule has 0 atom stereocenters. The predicted molar refractivity (Wildman–Crippen MR) is 102 cm³/mol. The molecular formula is C21H34N2O. The molecule has 0 spiro atoms. The van der Waals surface area contributed by atoms with Gasteiger partial charge in [-0.15, -0.1) is 0 Å². The fraction of sp³-hybridized carbons (Fsp3) is 0.667. The number of benzene rings is 1. The van der Waals surface area contributed by atoms with Crippen molar-refractivity contribution in [3.05, 3.63) is 35.4 Å². The van der Waals surface area contributed by atoms with Crippen LogP contribution in [0.15, 0.2) is 24.3 Å². The van der Waals surface area contributed by atoms with E-state index in [0.717, 1.165) is 31.5 Å². The molecule has 0 saturated carbocycles. The second-order valence-electron chi connectivity index (χ2n) is 7.94. The van der Waals surface area contributed by atoms with Crippen LogP contribution in [-0.2, 0) is 0 Å². The van der Waals surface area contributed by atoms with Crippen molar-refractivity contribution >= 4 is 5.91 Å². The van der Waals surface area contributed by atoms with Gasteiger partial charge in [0, 0.05) is 36.8 Å². The summed E-state index contributed by atoms with van der Waals surface area (Å²) in [4.78, 5) is 17.7. The monoisotopic (exact) mass is 330 g/mol. The summed E-state index contributed by atoms with van der Waals surface area (Å²) < 4.78 is 0. The second kappa shape index (κ2) is 8.15. The van der Waals surface area contributed by atoms with E-state index in [-0.39, 0.29) is 11.9 Å². The lowest BCUT2D eigenvalue weighted by molar-refractivity contribution is 0.0454. The van der Waals surface area contributed by atoms with Crippen molar-refractivity contribution in [1.82, 2.24) is 9.80 Å². The molecule has 3 nitrogen and oxygen atoms in total. The largest absolute Gasteiger partial charge is 0.333 e. The molecule has 134 valence electrons. The van der Waals surface area contributed by atoms with Gasteiger partial charge in [0.2, 0.25) is 0 Å². The number of hydrogen-bond donors (Lipinski definition) is 0. The van der Waals surface area contributed by atoms with Crippen LogP contribution in [0.1, 0.15) is 76.2 Å². The highest BCUT2D eigenvalue weighted by molar-refractivity contribution is 5.94. The zero-order chi connectivity index (χ0) is 17.9. The maximum Gasteiger partial charge on any atom is 0.254 e. The fourth-order valence-electron chi connectivity index (χ4n) is 3.66. The number of carbonyl (C=O) groups is 1. The van der Waals surface area contributed by atoms with Crippen LogP contribution in [0, 0.1) is 0 Å². The first-order valence-corrected chi connectivity index (χ1v) is 9.48. The van der Waals surface area contributed by atoms with Crippen molar-refractivity contribution < 1.29 is 4.79 Å². The maximum absolute atomic E-state index is 13.1. The van der Waals surface area contributed by atoms with E-state index in [1.165, 1.54) is 5.56 Å². The quantitative estimate of drug-likeness (QED) is 0.791. The molecule has 0 bridgehead atoms. The Bertz CT molecular complexity index is 525. The van der Waals surface area contributed by atoms with Gasteiger partial charge in [-0.1, -0.05) is 26.0 Å². The van der Waals surface area contributed by atoms with Crippen molar-refractivity contribution in [2.45, 2.75) is 78.4 Å². The molecule has 0 aromatic heterocycles. The predicted octanol–water partition coefficient (Wildman–Crippen LogP) is 4.53. The highest BCUT2D eigenvalue weighted by atomic mass is 16.2. The zero-order valence-electron chi connectivity index (χ0n) is 16.2. The molecule has 1 saturated heterocycles. The van der Waals surface area contributed by atoms with Crippen molar-refractivity contribution in [2.75, 3.05) is 13.1 Å². The number of amides is 1. The lowest BCUT2D eigenvalue weighted by Crippen LogP contribution is -2.51. The van der Waals surface area contributed by atoms with Crippen LogP contribution in [0.3, 0.4) is 0 Å². The van der Waals surface area contributed by atoms with E-state index in [9.17, 15) is 4.79 Å². The Hall–Kier alpha value is -1.35. The van der Waals surface area contributed by atoms with Crippen LogP contribution >= 0.6 is 0 Å². The number of carbonyl (C=O) groups excluding carboxylic acids is 1. The van der Waals surface area contributed by atoms with Crippen LogP contribution in [-0.4, -0.2) is 46.9 Å². The van der Waals surface area contributed by atoms with Gasteiger partial charge in [0.15, 0.2) is 0 Å². The summed E-state index contributed by atoms with van der Waals surface area (Å²) in [5.74, 6) is 0.680. The van der Waals surface area contributed by atoms with E-state index in [2.05, 4.69) is 63.5 Å². The average molecular weight is 331 g/mol. The number of piperidine rings is 1. The van der Waals surface area contributed by atoms with E-state index in [4.69, 9.17) is 0 Å².